The molecule has 0 aromatic heterocycles. The molecule has 0 atom stereocenters. The summed E-state index contributed by atoms with van der Waals surface area (Å²) in [5.41, 5.74) is 5.40. The smallest absolute Gasteiger partial charge is 0.0918 e. The Morgan fingerprint density at radius 1 is 1.12 bits per heavy atom. The Bertz CT molecular complexity index is 187. The lowest BCUT2D eigenvalue weighted by Crippen LogP contribution is -2.40. The van der Waals surface area contributed by atoms with Crippen LogP contribution in [0.2, 0.25) is 0 Å². The molecule has 0 saturated carbocycles. The Labute approximate surface area is 100 Å². The highest BCUT2D eigenvalue weighted by Crippen LogP contribution is 2.00. The van der Waals surface area contributed by atoms with Crippen molar-refractivity contribution < 1.29 is 0 Å². The molecule has 0 aliphatic heterocycles. The quantitative estimate of drug-likeness (QED) is 0.463. The zero-order valence-electron chi connectivity index (χ0n) is 11.3. The molecule has 16 heavy (non-hydrogen) atoms. The SMILES string of the molecule is CCN(CC)CCN(CCC(=N)N)C(C)C. The number of nitrogens with one attached hydrogen (secondary N) is 1. The van der Waals surface area contributed by atoms with Crippen molar-refractivity contribution in [2.45, 2.75) is 40.2 Å². The molecule has 0 unspecified atom stereocenters. The van der Waals surface area contributed by atoms with Crippen LogP contribution in [0.4, 0.5) is 0 Å². The Morgan fingerprint density at radius 2 is 1.69 bits per heavy atom. The minimum atomic E-state index is 0.286. The van der Waals surface area contributed by atoms with E-state index in [1.165, 1.54) is 0 Å². The molecular weight excluding hydrogens is 200 g/mol. The van der Waals surface area contributed by atoms with Crippen molar-refractivity contribution in [3.8, 4) is 0 Å². The molecule has 4 nitrogen and oxygen atoms in total. The van der Waals surface area contributed by atoms with Gasteiger partial charge in [0.2, 0.25) is 0 Å². The number of nitrogens with two attached hydrogens (primary N) is 1. The summed E-state index contributed by atoms with van der Waals surface area (Å²) in [4.78, 5) is 4.81. The monoisotopic (exact) mass is 228 g/mol. The first-order valence-corrected chi connectivity index (χ1v) is 6.30. The van der Waals surface area contributed by atoms with E-state index in [4.69, 9.17) is 11.1 Å². The second kappa shape index (κ2) is 8.53. The highest BCUT2D eigenvalue weighted by atomic mass is 15.2. The molecule has 96 valence electrons. The molecule has 4 heteroatoms. The molecule has 0 aliphatic rings. The third kappa shape index (κ3) is 6.80. The normalized spacial score (nSPS) is 11.7. The topological polar surface area (TPSA) is 56.4 Å². The fourth-order valence-corrected chi connectivity index (χ4v) is 1.70. The number of likely N-dealkylation sites (N-methyl/N-ethyl adjacent to an activating group) is 1. The number of amidine groups is 1. The van der Waals surface area contributed by atoms with E-state index in [0.29, 0.717) is 12.5 Å². The maximum Gasteiger partial charge on any atom is 0.0918 e. The van der Waals surface area contributed by atoms with Gasteiger partial charge in [0.05, 0.1) is 5.84 Å². The highest BCUT2D eigenvalue weighted by Gasteiger charge is 2.10. The predicted molar refractivity (Wildman–Crippen MR) is 71.0 cm³/mol. The van der Waals surface area contributed by atoms with Crippen molar-refractivity contribution in [1.29, 1.82) is 5.41 Å². The van der Waals surface area contributed by atoms with E-state index < -0.39 is 0 Å². The van der Waals surface area contributed by atoms with Gasteiger partial charge in [-0.05, 0) is 26.9 Å². The van der Waals surface area contributed by atoms with Gasteiger partial charge < -0.3 is 10.6 Å². The largest absolute Gasteiger partial charge is 0.388 e. The fourth-order valence-electron chi connectivity index (χ4n) is 1.70. The highest BCUT2D eigenvalue weighted by molar-refractivity contribution is 5.76. The standard InChI is InChI=1S/C12H28N4/c1-5-15(6-2)9-10-16(11(3)4)8-7-12(13)14/h11H,5-10H2,1-4H3,(H3,13,14). The Kier molecular flexibility index (Phi) is 8.21. The molecule has 0 aromatic carbocycles. The van der Waals surface area contributed by atoms with E-state index in [2.05, 4.69) is 37.5 Å². The van der Waals surface area contributed by atoms with Gasteiger partial charge in [0.15, 0.2) is 0 Å². The maximum atomic E-state index is 7.26. The van der Waals surface area contributed by atoms with Crippen molar-refractivity contribution >= 4 is 5.84 Å². The average molecular weight is 228 g/mol. The van der Waals surface area contributed by atoms with Crippen LogP contribution in [-0.4, -0.2) is 54.4 Å². The van der Waals surface area contributed by atoms with Gasteiger partial charge in [-0.25, -0.2) is 0 Å². The lowest BCUT2D eigenvalue weighted by Gasteiger charge is -2.29. The Hall–Kier alpha value is -0.610. The lowest BCUT2D eigenvalue weighted by molar-refractivity contribution is 0.185. The fraction of sp³-hybridized carbons (Fsp3) is 0.917. The first kappa shape index (κ1) is 15.4. The summed E-state index contributed by atoms with van der Waals surface area (Å²) in [7, 11) is 0. The molecule has 0 spiro atoms. The van der Waals surface area contributed by atoms with E-state index in [0.717, 1.165) is 32.7 Å². The van der Waals surface area contributed by atoms with E-state index in [1.807, 2.05) is 0 Å². The molecule has 0 rings (SSSR count). The van der Waals surface area contributed by atoms with Crippen LogP contribution in [0.5, 0.6) is 0 Å². The van der Waals surface area contributed by atoms with Crippen molar-refractivity contribution in [1.82, 2.24) is 9.80 Å². The molecule has 0 fully saturated rings. The van der Waals surface area contributed by atoms with Crippen LogP contribution < -0.4 is 5.73 Å². The number of nitrogens with zero attached hydrogens (tertiary/aromatic N) is 2. The van der Waals surface area contributed by atoms with Crippen LogP contribution in [0, 0.1) is 5.41 Å². The lowest BCUT2D eigenvalue weighted by atomic mass is 10.2. The minimum Gasteiger partial charge on any atom is -0.388 e. The van der Waals surface area contributed by atoms with E-state index in [9.17, 15) is 0 Å². The van der Waals surface area contributed by atoms with E-state index >= 15 is 0 Å². The summed E-state index contributed by atoms with van der Waals surface area (Å²) in [6.45, 7) is 14.1. The number of rotatable bonds is 9. The zero-order chi connectivity index (χ0) is 12.6. The molecule has 0 bridgehead atoms. The van der Waals surface area contributed by atoms with Gasteiger partial charge in [-0.15, -0.1) is 0 Å². The maximum absolute atomic E-state index is 7.26. The average Bonchev–Trinajstić information content (AvgIpc) is 2.22. The third-order valence-corrected chi connectivity index (χ3v) is 3.00. The van der Waals surface area contributed by atoms with Crippen LogP contribution in [0.3, 0.4) is 0 Å². The van der Waals surface area contributed by atoms with Gasteiger partial charge >= 0.3 is 0 Å². The first-order chi connectivity index (χ1) is 7.51. The Balaban J connectivity index is 3.97. The molecule has 0 amide bonds. The van der Waals surface area contributed by atoms with Crippen LogP contribution >= 0.6 is 0 Å². The van der Waals surface area contributed by atoms with Crippen molar-refractivity contribution in [2.75, 3.05) is 32.7 Å². The van der Waals surface area contributed by atoms with Crippen LogP contribution in [0.15, 0.2) is 0 Å². The predicted octanol–water partition coefficient (Wildman–Crippen LogP) is 1.36. The molecule has 3 N–H and O–H groups in total. The van der Waals surface area contributed by atoms with Crippen molar-refractivity contribution in [3.63, 3.8) is 0 Å². The third-order valence-electron chi connectivity index (χ3n) is 3.00. The molecule has 0 radical (unpaired) electrons. The number of hydrogen-bond donors (Lipinski definition) is 2. The van der Waals surface area contributed by atoms with Gasteiger partial charge in [0.25, 0.3) is 0 Å². The minimum absolute atomic E-state index is 0.286. The summed E-state index contributed by atoms with van der Waals surface area (Å²) >= 11 is 0. The second-order valence-corrected chi connectivity index (χ2v) is 4.43. The van der Waals surface area contributed by atoms with Crippen LogP contribution in [0.1, 0.15) is 34.1 Å². The summed E-state index contributed by atoms with van der Waals surface area (Å²) in [6.07, 6.45) is 0.677. The molecular formula is C12H28N4. The van der Waals surface area contributed by atoms with Crippen molar-refractivity contribution in [2.24, 2.45) is 5.73 Å². The zero-order valence-corrected chi connectivity index (χ0v) is 11.3. The molecule has 0 aliphatic carbocycles. The van der Waals surface area contributed by atoms with Crippen LogP contribution in [0.25, 0.3) is 0 Å². The molecule has 0 heterocycles. The second-order valence-electron chi connectivity index (χ2n) is 4.43. The number of hydrogen-bond acceptors (Lipinski definition) is 3. The van der Waals surface area contributed by atoms with E-state index in [1.54, 1.807) is 0 Å². The van der Waals surface area contributed by atoms with Gasteiger partial charge in [-0.3, -0.25) is 10.3 Å². The summed E-state index contributed by atoms with van der Waals surface area (Å²) in [6, 6.07) is 0.523. The Morgan fingerprint density at radius 3 is 2.06 bits per heavy atom. The van der Waals surface area contributed by atoms with Crippen LogP contribution in [-0.2, 0) is 0 Å². The molecule has 0 saturated heterocycles. The molecule has 0 aromatic rings. The summed E-state index contributed by atoms with van der Waals surface area (Å²) in [5.74, 6) is 0.286. The first-order valence-electron chi connectivity index (χ1n) is 6.30. The summed E-state index contributed by atoms with van der Waals surface area (Å²) in [5, 5.41) is 7.26. The summed E-state index contributed by atoms with van der Waals surface area (Å²) < 4.78 is 0. The van der Waals surface area contributed by atoms with Gasteiger partial charge in [0.1, 0.15) is 0 Å². The van der Waals surface area contributed by atoms with Gasteiger partial charge in [0, 0.05) is 32.1 Å². The van der Waals surface area contributed by atoms with Gasteiger partial charge in [-0.1, -0.05) is 13.8 Å². The van der Waals surface area contributed by atoms with Crippen molar-refractivity contribution in [3.05, 3.63) is 0 Å². The van der Waals surface area contributed by atoms with Gasteiger partial charge in [-0.2, -0.15) is 0 Å². The van der Waals surface area contributed by atoms with E-state index in [-0.39, 0.29) is 5.84 Å².